The molecule has 0 aliphatic carbocycles. The Labute approximate surface area is 161 Å². The van der Waals surface area contributed by atoms with Gasteiger partial charge in [0.15, 0.2) is 5.82 Å². The first kappa shape index (κ1) is 19.2. The van der Waals surface area contributed by atoms with E-state index in [-0.39, 0.29) is 24.0 Å². The number of esters is 1. The van der Waals surface area contributed by atoms with Gasteiger partial charge in [-0.15, -0.1) is 4.91 Å². The Morgan fingerprint density at radius 3 is 2.61 bits per heavy atom. The van der Waals surface area contributed by atoms with Crippen molar-refractivity contribution in [2.24, 2.45) is 5.18 Å². The van der Waals surface area contributed by atoms with Crippen LogP contribution in [0.4, 0.5) is 0 Å². The molecular weight excluding hydrogens is 358 g/mol. The van der Waals surface area contributed by atoms with Gasteiger partial charge >= 0.3 is 5.97 Å². The molecule has 0 saturated heterocycles. The number of hydrogen-bond acceptors (Lipinski definition) is 7. The Balaban J connectivity index is 2.43. The van der Waals surface area contributed by atoms with E-state index in [0.29, 0.717) is 16.7 Å². The number of nitriles is 1. The van der Waals surface area contributed by atoms with E-state index in [1.165, 1.54) is 6.20 Å². The Hall–Kier alpha value is -3.60. The summed E-state index contributed by atoms with van der Waals surface area (Å²) in [5.74, 6) is -0.362. The van der Waals surface area contributed by atoms with E-state index in [1.54, 1.807) is 11.5 Å². The summed E-state index contributed by atoms with van der Waals surface area (Å²) >= 11 is 0. The highest BCUT2D eigenvalue weighted by molar-refractivity contribution is 6.05. The van der Waals surface area contributed by atoms with Crippen molar-refractivity contribution < 1.29 is 9.53 Å². The number of carbonyl (C=O) groups excluding carboxylic acids is 1. The molecule has 1 aromatic carbocycles. The van der Waals surface area contributed by atoms with Crippen LogP contribution in [0.1, 0.15) is 49.0 Å². The smallest absolute Gasteiger partial charge is 0.341 e. The van der Waals surface area contributed by atoms with E-state index in [2.05, 4.69) is 15.1 Å². The topological polar surface area (TPSA) is 110 Å². The van der Waals surface area contributed by atoms with Gasteiger partial charge in [-0.05, 0) is 25.9 Å². The van der Waals surface area contributed by atoms with Crippen molar-refractivity contribution in [1.29, 1.82) is 5.26 Å². The molecule has 0 fully saturated rings. The predicted molar refractivity (Wildman–Crippen MR) is 103 cm³/mol. The van der Waals surface area contributed by atoms with Crippen molar-refractivity contribution in [3.05, 3.63) is 52.8 Å². The molecule has 0 radical (unpaired) electrons. The molecule has 2 heterocycles. The second-order valence-electron chi connectivity index (χ2n) is 6.37. The third kappa shape index (κ3) is 3.22. The second kappa shape index (κ2) is 7.96. The fourth-order valence-electron chi connectivity index (χ4n) is 3.13. The molecule has 0 spiro atoms. The largest absolute Gasteiger partial charge is 0.462 e. The first-order valence-electron chi connectivity index (χ1n) is 8.88. The molecule has 0 aliphatic heterocycles. The average Bonchev–Trinajstić information content (AvgIpc) is 3.09. The molecule has 2 aromatic heterocycles. The lowest BCUT2D eigenvalue weighted by molar-refractivity contribution is 0.0527. The van der Waals surface area contributed by atoms with Gasteiger partial charge in [0.05, 0.1) is 17.8 Å². The number of nitrogens with zero attached hydrogens (tertiary/aromatic N) is 5. The molecule has 0 aliphatic rings. The van der Waals surface area contributed by atoms with Gasteiger partial charge in [0.2, 0.25) is 6.04 Å². The minimum Gasteiger partial charge on any atom is -0.462 e. The number of carbonyl (C=O) groups is 1. The van der Waals surface area contributed by atoms with Crippen molar-refractivity contribution >= 4 is 17.0 Å². The maximum atomic E-state index is 12.5. The minimum atomic E-state index is -1.30. The van der Waals surface area contributed by atoms with Gasteiger partial charge in [0.25, 0.3) is 0 Å². The summed E-state index contributed by atoms with van der Waals surface area (Å²) in [5, 5.41) is 12.3. The Bertz CT molecular complexity index is 1070. The Morgan fingerprint density at radius 1 is 1.32 bits per heavy atom. The van der Waals surface area contributed by atoms with Gasteiger partial charge in [-0.25, -0.2) is 9.78 Å². The molecule has 3 aromatic rings. The Morgan fingerprint density at radius 2 is 2.04 bits per heavy atom. The fourth-order valence-corrected chi connectivity index (χ4v) is 3.13. The molecule has 8 nitrogen and oxygen atoms in total. The SMILES string of the molecule is CCOC(=O)c1cnc(-c2ccccc2)c2nc(C(C#N)N=O)n(C(C)C)c12. The number of ether oxygens (including phenoxy) is 1. The van der Waals surface area contributed by atoms with E-state index < -0.39 is 12.0 Å². The number of nitroso groups, excluding NO2 is 1. The molecule has 0 amide bonds. The lowest BCUT2D eigenvalue weighted by atomic mass is 10.1. The van der Waals surface area contributed by atoms with Crippen LogP contribution in [0, 0.1) is 16.2 Å². The summed E-state index contributed by atoms with van der Waals surface area (Å²) in [7, 11) is 0. The summed E-state index contributed by atoms with van der Waals surface area (Å²) in [6.45, 7) is 5.68. The van der Waals surface area contributed by atoms with Gasteiger partial charge in [0.1, 0.15) is 17.1 Å². The predicted octanol–water partition coefficient (Wildman–Crippen LogP) is 4.19. The van der Waals surface area contributed by atoms with Gasteiger partial charge in [0, 0.05) is 17.8 Å². The number of imidazole rings is 1. The second-order valence-corrected chi connectivity index (χ2v) is 6.37. The highest BCUT2D eigenvalue weighted by atomic mass is 16.5. The zero-order chi connectivity index (χ0) is 20.3. The summed E-state index contributed by atoms with van der Waals surface area (Å²) in [5.41, 5.74) is 2.47. The van der Waals surface area contributed by atoms with Crippen molar-refractivity contribution in [3.63, 3.8) is 0 Å². The van der Waals surface area contributed by atoms with Crippen molar-refractivity contribution in [2.75, 3.05) is 6.61 Å². The molecule has 8 heteroatoms. The third-order valence-electron chi connectivity index (χ3n) is 4.27. The first-order chi connectivity index (χ1) is 13.5. The van der Waals surface area contributed by atoms with Crippen LogP contribution in [0.25, 0.3) is 22.3 Å². The maximum Gasteiger partial charge on any atom is 0.341 e. The monoisotopic (exact) mass is 377 g/mol. The summed E-state index contributed by atoms with van der Waals surface area (Å²) in [4.78, 5) is 32.7. The molecule has 142 valence electrons. The van der Waals surface area contributed by atoms with E-state index >= 15 is 0 Å². The zero-order valence-electron chi connectivity index (χ0n) is 15.8. The molecule has 0 N–H and O–H groups in total. The molecule has 3 rings (SSSR count). The number of pyridine rings is 1. The van der Waals surface area contributed by atoms with E-state index in [9.17, 15) is 15.0 Å². The van der Waals surface area contributed by atoms with Crippen molar-refractivity contribution in [3.8, 4) is 17.3 Å². The van der Waals surface area contributed by atoms with Gasteiger partial charge in [-0.2, -0.15) is 5.26 Å². The van der Waals surface area contributed by atoms with Gasteiger partial charge in [-0.1, -0.05) is 30.3 Å². The molecule has 1 unspecified atom stereocenters. The summed E-state index contributed by atoms with van der Waals surface area (Å²) in [6, 6.07) is 9.75. The lowest BCUT2D eigenvalue weighted by Crippen LogP contribution is -2.13. The standard InChI is InChI=1S/C20H19N5O3/c1-4-28-20(26)14-11-22-16(13-8-6-5-7-9-13)17-18(14)25(12(2)3)19(23-17)15(10-21)24-27/h5-9,11-12,15H,4H2,1-3H3. The fraction of sp³-hybridized carbons (Fsp3) is 0.300. The van der Waals surface area contributed by atoms with Crippen LogP contribution in [0.2, 0.25) is 0 Å². The van der Waals surface area contributed by atoms with Gasteiger partial charge < -0.3 is 9.30 Å². The van der Waals surface area contributed by atoms with Crippen LogP contribution in [0.3, 0.4) is 0 Å². The van der Waals surface area contributed by atoms with Crippen LogP contribution in [0.5, 0.6) is 0 Å². The summed E-state index contributed by atoms with van der Waals surface area (Å²) in [6.07, 6.45) is 1.45. The number of fused-ring (bicyclic) bond motifs is 1. The highest BCUT2D eigenvalue weighted by Gasteiger charge is 2.28. The minimum absolute atomic E-state index is 0.179. The van der Waals surface area contributed by atoms with E-state index in [4.69, 9.17) is 4.74 Å². The van der Waals surface area contributed by atoms with E-state index in [0.717, 1.165) is 5.56 Å². The average molecular weight is 377 g/mol. The van der Waals surface area contributed by atoms with Crippen LogP contribution >= 0.6 is 0 Å². The Kier molecular flexibility index (Phi) is 5.45. The van der Waals surface area contributed by atoms with Crippen molar-refractivity contribution in [2.45, 2.75) is 32.9 Å². The number of rotatable bonds is 6. The third-order valence-corrected chi connectivity index (χ3v) is 4.27. The van der Waals surface area contributed by atoms with Crippen molar-refractivity contribution in [1.82, 2.24) is 14.5 Å². The molecular formula is C20H19N5O3. The number of hydrogen-bond donors (Lipinski definition) is 0. The van der Waals surface area contributed by atoms with Crippen LogP contribution < -0.4 is 0 Å². The molecule has 28 heavy (non-hydrogen) atoms. The van der Waals surface area contributed by atoms with Crippen LogP contribution in [0.15, 0.2) is 41.7 Å². The normalized spacial score (nSPS) is 12.0. The van der Waals surface area contributed by atoms with E-state index in [1.807, 2.05) is 50.2 Å². The molecule has 0 saturated carbocycles. The van der Waals surface area contributed by atoms with Crippen LogP contribution in [-0.4, -0.2) is 27.1 Å². The van der Waals surface area contributed by atoms with Crippen LogP contribution in [-0.2, 0) is 4.74 Å². The number of aromatic nitrogens is 3. The quantitative estimate of drug-likeness (QED) is 0.470. The summed E-state index contributed by atoms with van der Waals surface area (Å²) < 4.78 is 6.85. The molecule has 0 bridgehead atoms. The number of benzene rings is 1. The first-order valence-corrected chi connectivity index (χ1v) is 8.88. The lowest BCUT2D eigenvalue weighted by Gasteiger charge is -2.15. The molecule has 1 atom stereocenters. The maximum absolute atomic E-state index is 12.5. The van der Waals surface area contributed by atoms with Gasteiger partial charge in [-0.3, -0.25) is 4.98 Å². The highest BCUT2D eigenvalue weighted by Crippen LogP contribution is 2.34. The zero-order valence-corrected chi connectivity index (χ0v) is 15.8.